The fraction of sp³-hybridized carbons (Fsp3) is 0.364. The topological polar surface area (TPSA) is 49.3 Å². The molecule has 16 heavy (non-hydrogen) atoms. The zero-order valence-corrected chi connectivity index (χ0v) is 9.05. The van der Waals surface area contributed by atoms with Gasteiger partial charge in [0.25, 0.3) is 5.91 Å². The van der Waals surface area contributed by atoms with Crippen LogP contribution < -0.4 is 5.32 Å². The van der Waals surface area contributed by atoms with E-state index in [1.165, 1.54) is 26.0 Å². The first-order valence-corrected chi connectivity index (χ1v) is 4.76. The van der Waals surface area contributed by atoms with Gasteiger partial charge in [-0.2, -0.15) is 0 Å². The molecule has 1 amide bonds. The Hall–Kier alpha value is -1.49. The Bertz CT molecular complexity index is 399. The fourth-order valence-electron chi connectivity index (χ4n) is 1.07. The largest absolute Gasteiger partial charge is 0.389 e. The van der Waals surface area contributed by atoms with Crippen molar-refractivity contribution in [1.29, 1.82) is 0 Å². The minimum absolute atomic E-state index is 0.0399. The highest BCUT2D eigenvalue weighted by Gasteiger charge is 2.18. The van der Waals surface area contributed by atoms with Crippen molar-refractivity contribution in [3.8, 4) is 0 Å². The van der Waals surface area contributed by atoms with Crippen LogP contribution in [0.1, 0.15) is 24.2 Å². The van der Waals surface area contributed by atoms with Gasteiger partial charge in [-0.3, -0.25) is 4.79 Å². The summed E-state index contributed by atoms with van der Waals surface area (Å²) in [6.07, 6.45) is 0. The van der Waals surface area contributed by atoms with Crippen molar-refractivity contribution in [2.45, 2.75) is 19.4 Å². The predicted octanol–water partition coefficient (Wildman–Crippen LogP) is 1.47. The molecule has 0 saturated carbocycles. The molecule has 0 saturated heterocycles. The van der Waals surface area contributed by atoms with E-state index in [2.05, 4.69) is 5.32 Å². The van der Waals surface area contributed by atoms with Crippen LogP contribution >= 0.6 is 0 Å². The monoisotopic (exact) mass is 229 g/mol. The molecule has 1 aromatic rings. The molecule has 3 nitrogen and oxygen atoms in total. The molecule has 1 rings (SSSR count). The second-order valence-electron chi connectivity index (χ2n) is 4.10. The molecule has 1 aromatic carbocycles. The Balaban J connectivity index is 2.78. The van der Waals surface area contributed by atoms with Crippen LogP contribution in [0.15, 0.2) is 18.2 Å². The summed E-state index contributed by atoms with van der Waals surface area (Å²) in [6, 6.07) is 3.36. The smallest absolute Gasteiger partial charge is 0.254 e. The highest BCUT2D eigenvalue weighted by Crippen LogP contribution is 2.11. The number of nitrogens with one attached hydrogen (secondary N) is 1. The van der Waals surface area contributed by atoms with Crippen LogP contribution in [0.25, 0.3) is 0 Å². The number of carbonyl (C=O) groups is 1. The molecule has 0 bridgehead atoms. The molecule has 0 spiro atoms. The van der Waals surface area contributed by atoms with Crippen molar-refractivity contribution < 1.29 is 18.7 Å². The van der Waals surface area contributed by atoms with E-state index in [-0.39, 0.29) is 12.1 Å². The molecule has 0 atom stereocenters. The first-order chi connectivity index (χ1) is 7.31. The van der Waals surface area contributed by atoms with E-state index in [0.717, 1.165) is 6.07 Å². The summed E-state index contributed by atoms with van der Waals surface area (Å²) < 4.78 is 26.0. The molecular weight excluding hydrogens is 216 g/mol. The zero-order chi connectivity index (χ0) is 12.3. The Morgan fingerprint density at radius 2 is 2.06 bits per heavy atom. The summed E-state index contributed by atoms with van der Waals surface area (Å²) in [4.78, 5) is 11.4. The van der Waals surface area contributed by atoms with E-state index in [1.807, 2.05) is 0 Å². The van der Waals surface area contributed by atoms with Gasteiger partial charge in [-0.15, -0.1) is 0 Å². The van der Waals surface area contributed by atoms with E-state index in [0.29, 0.717) is 0 Å². The van der Waals surface area contributed by atoms with E-state index in [4.69, 9.17) is 0 Å². The molecule has 88 valence electrons. The third kappa shape index (κ3) is 3.27. The van der Waals surface area contributed by atoms with Crippen LogP contribution in [0.2, 0.25) is 0 Å². The number of aliphatic hydroxyl groups is 1. The average molecular weight is 229 g/mol. The maximum Gasteiger partial charge on any atom is 0.254 e. The molecular formula is C11H13F2NO2. The Kier molecular flexibility index (Phi) is 3.59. The van der Waals surface area contributed by atoms with Crippen molar-refractivity contribution in [2.75, 3.05) is 6.54 Å². The minimum atomic E-state index is -1.18. The second-order valence-corrected chi connectivity index (χ2v) is 4.10. The number of rotatable bonds is 3. The van der Waals surface area contributed by atoms with Crippen LogP contribution in [-0.4, -0.2) is 23.2 Å². The maximum absolute atomic E-state index is 13.2. The van der Waals surface area contributed by atoms with Crippen LogP contribution in [-0.2, 0) is 0 Å². The van der Waals surface area contributed by atoms with E-state index < -0.39 is 23.1 Å². The van der Waals surface area contributed by atoms with E-state index in [1.54, 1.807) is 0 Å². The third-order valence-electron chi connectivity index (χ3n) is 1.88. The lowest BCUT2D eigenvalue weighted by Crippen LogP contribution is -2.38. The summed E-state index contributed by atoms with van der Waals surface area (Å²) in [5, 5.41) is 11.7. The van der Waals surface area contributed by atoms with Gasteiger partial charge in [0.15, 0.2) is 11.6 Å². The van der Waals surface area contributed by atoms with Crippen LogP contribution in [0.4, 0.5) is 8.78 Å². The van der Waals surface area contributed by atoms with Crippen molar-refractivity contribution in [3.05, 3.63) is 35.4 Å². The van der Waals surface area contributed by atoms with Gasteiger partial charge in [0.05, 0.1) is 11.2 Å². The van der Waals surface area contributed by atoms with Gasteiger partial charge in [0, 0.05) is 6.54 Å². The average Bonchev–Trinajstić information content (AvgIpc) is 2.17. The highest BCUT2D eigenvalue weighted by molar-refractivity contribution is 5.94. The normalized spacial score (nSPS) is 11.3. The predicted molar refractivity (Wildman–Crippen MR) is 55.0 cm³/mol. The van der Waals surface area contributed by atoms with E-state index in [9.17, 15) is 18.7 Å². The van der Waals surface area contributed by atoms with E-state index >= 15 is 0 Å². The van der Waals surface area contributed by atoms with Crippen molar-refractivity contribution in [2.24, 2.45) is 0 Å². The van der Waals surface area contributed by atoms with Crippen molar-refractivity contribution in [3.63, 3.8) is 0 Å². The number of benzene rings is 1. The highest BCUT2D eigenvalue weighted by atomic mass is 19.2. The number of halogens is 2. The van der Waals surface area contributed by atoms with Crippen LogP contribution in [0.3, 0.4) is 0 Å². The van der Waals surface area contributed by atoms with Gasteiger partial charge in [0.1, 0.15) is 0 Å². The Labute approximate surface area is 92.1 Å². The Morgan fingerprint density at radius 1 is 1.44 bits per heavy atom. The SMILES string of the molecule is CC(C)(O)CNC(=O)c1cccc(F)c1F. The number of hydrogen-bond acceptors (Lipinski definition) is 2. The summed E-state index contributed by atoms with van der Waals surface area (Å²) >= 11 is 0. The first kappa shape index (κ1) is 12.6. The molecule has 0 aliphatic rings. The third-order valence-corrected chi connectivity index (χ3v) is 1.88. The first-order valence-electron chi connectivity index (χ1n) is 4.76. The van der Waals surface area contributed by atoms with Crippen molar-refractivity contribution >= 4 is 5.91 Å². The molecule has 0 aliphatic heterocycles. The standard InChI is InChI=1S/C11H13F2NO2/c1-11(2,16)6-14-10(15)7-4-3-5-8(12)9(7)13/h3-5,16H,6H2,1-2H3,(H,14,15). The summed E-state index contributed by atoms with van der Waals surface area (Å²) in [5.41, 5.74) is -1.47. The maximum atomic E-state index is 13.2. The number of carbonyl (C=O) groups excluding carboxylic acids is 1. The molecule has 2 N–H and O–H groups in total. The molecule has 0 radical (unpaired) electrons. The second kappa shape index (κ2) is 4.57. The fourth-order valence-corrected chi connectivity index (χ4v) is 1.07. The minimum Gasteiger partial charge on any atom is -0.389 e. The molecule has 0 aliphatic carbocycles. The van der Waals surface area contributed by atoms with Crippen LogP contribution in [0, 0.1) is 11.6 Å². The lowest BCUT2D eigenvalue weighted by molar-refractivity contribution is 0.0692. The van der Waals surface area contributed by atoms with Gasteiger partial charge in [-0.05, 0) is 26.0 Å². The lowest BCUT2D eigenvalue weighted by Gasteiger charge is -2.17. The van der Waals surface area contributed by atoms with Crippen molar-refractivity contribution in [1.82, 2.24) is 5.32 Å². The van der Waals surface area contributed by atoms with Gasteiger partial charge < -0.3 is 10.4 Å². The number of amides is 1. The van der Waals surface area contributed by atoms with Gasteiger partial charge in [0.2, 0.25) is 0 Å². The summed E-state index contributed by atoms with van der Waals surface area (Å²) in [7, 11) is 0. The van der Waals surface area contributed by atoms with Gasteiger partial charge >= 0.3 is 0 Å². The molecule has 0 aromatic heterocycles. The molecule has 0 heterocycles. The molecule has 0 fully saturated rings. The number of hydrogen-bond donors (Lipinski definition) is 2. The lowest BCUT2D eigenvalue weighted by atomic mass is 10.1. The molecule has 5 heteroatoms. The van der Waals surface area contributed by atoms with Gasteiger partial charge in [-0.25, -0.2) is 8.78 Å². The quantitative estimate of drug-likeness (QED) is 0.824. The summed E-state index contributed by atoms with van der Waals surface area (Å²) in [6.45, 7) is 2.95. The summed E-state index contributed by atoms with van der Waals surface area (Å²) in [5.74, 6) is -3.01. The van der Waals surface area contributed by atoms with Crippen LogP contribution in [0.5, 0.6) is 0 Å². The zero-order valence-electron chi connectivity index (χ0n) is 9.05. The van der Waals surface area contributed by atoms with Gasteiger partial charge in [-0.1, -0.05) is 6.07 Å². The Morgan fingerprint density at radius 3 is 2.62 bits per heavy atom. The molecule has 0 unspecified atom stereocenters.